The zero-order valence-corrected chi connectivity index (χ0v) is 11.0. The van der Waals surface area contributed by atoms with Crippen LogP contribution in [0, 0.1) is 0 Å². The first-order chi connectivity index (χ1) is 9.22. The van der Waals surface area contributed by atoms with Crippen molar-refractivity contribution in [3.63, 3.8) is 0 Å². The number of ether oxygens (including phenoxy) is 1. The number of nitrogens with two attached hydrogens (primary N) is 1. The maximum atomic E-state index is 12.3. The van der Waals surface area contributed by atoms with Gasteiger partial charge in [-0.1, -0.05) is 0 Å². The van der Waals surface area contributed by atoms with Gasteiger partial charge in [-0.25, -0.2) is 4.39 Å². The van der Waals surface area contributed by atoms with Crippen molar-refractivity contribution in [1.82, 2.24) is 15.5 Å². The first kappa shape index (κ1) is 14.8. The largest absolute Gasteiger partial charge is 0.392 e. The van der Waals surface area contributed by atoms with Crippen LogP contribution in [0.1, 0.15) is 6.42 Å². The van der Waals surface area contributed by atoms with Crippen molar-refractivity contribution in [2.24, 2.45) is 5.73 Å². The summed E-state index contributed by atoms with van der Waals surface area (Å²) < 4.78 is 17.9. The van der Waals surface area contributed by atoms with Crippen molar-refractivity contribution in [2.45, 2.75) is 24.9 Å². The number of halogens is 1. The summed E-state index contributed by atoms with van der Waals surface area (Å²) in [5.74, 6) is 0. The number of likely N-dealkylation sites (tertiary alicyclic amines) is 1. The predicted molar refractivity (Wildman–Crippen MR) is 70.0 cm³/mol. The molecule has 1 atom stereocenters. The smallest absolute Gasteiger partial charge is 0.114 e. The van der Waals surface area contributed by atoms with Crippen molar-refractivity contribution in [3.8, 4) is 0 Å². The highest BCUT2D eigenvalue weighted by Gasteiger charge is 2.30. The molecule has 7 heteroatoms. The number of hydrogen-bond donors (Lipinski definition) is 4. The standard InChI is InChI=1S/C12H23FN4O2/c13-3-9(4-14)8-19-11-5-15-12(16-6-11)17-2-1-10(18)7-17/h3,10-12,15-16,18H,1-2,4-8,14H2/b9-3+/t10-,11?,12?/m0/s1. The second-order valence-corrected chi connectivity index (χ2v) is 5.06. The second kappa shape index (κ2) is 7.28. The van der Waals surface area contributed by atoms with E-state index >= 15 is 0 Å². The van der Waals surface area contributed by atoms with E-state index in [1.165, 1.54) is 0 Å². The normalized spacial score (nSPS) is 33.8. The molecule has 5 N–H and O–H groups in total. The van der Waals surface area contributed by atoms with E-state index in [0.717, 1.165) is 13.0 Å². The fourth-order valence-corrected chi connectivity index (χ4v) is 2.37. The molecule has 0 radical (unpaired) electrons. The average Bonchev–Trinajstić information content (AvgIpc) is 2.87. The van der Waals surface area contributed by atoms with Gasteiger partial charge in [0.15, 0.2) is 0 Å². The Hall–Kier alpha value is -0.570. The monoisotopic (exact) mass is 274 g/mol. The summed E-state index contributed by atoms with van der Waals surface area (Å²) in [5.41, 5.74) is 5.83. The zero-order valence-electron chi connectivity index (χ0n) is 11.0. The Morgan fingerprint density at radius 3 is 2.74 bits per heavy atom. The molecule has 0 aromatic heterocycles. The van der Waals surface area contributed by atoms with E-state index in [-0.39, 0.29) is 31.6 Å². The van der Waals surface area contributed by atoms with Crippen LogP contribution < -0.4 is 16.4 Å². The Labute approximate surface area is 112 Å². The van der Waals surface area contributed by atoms with Gasteiger partial charge < -0.3 is 15.6 Å². The number of β-amino-alcohol motifs (C(OH)–C–C–N with tert-alkyl or cyclic N) is 1. The summed E-state index contributed by atoms with van der Waals surface area (Å²) in [6.45, 7) is 3.40. The summed E-state index contributed by atoms with van der Waals surface area (Å²) in [4.78, 5) is 2.17. The van der Waals surface area contributed by atoms with E-state index in [1.807, 2.05) is 0 Å². The number of aliphatic hydroxyl groups is 1. The molecule has 2 heterocycles. The molecule has 0 bridgehead atoms. The Kier molecular flexibility index (Phi) is 5.68. The van der Waals surface area contributed by atoms with Gasteiger partial charge in [0.2, 0.25) is 0 Å². The fraction of sp³-hybridized carbons (Fsp3) is 0.833. The van der Waals surface area contributed by atoms with Crippen LogP contribution in [0.3, 0.4) is 0 Å². The molecular weight excluding hydrogens is 251 g/mol. The van der Waals surface area contributed by atoms with Gasteiger partial charge in [-0.15, -0.1) is 0 Å². The van der Waals surface area contributed by atoms with E-state index in [2.05, 4.69) is 15.5 Å². The molecule has 2 aliphatic heterocycles. The molecule has 110 valence electrons. The van der Waals surface area contributed by atoms with Crippen molar-refractivity contribution in [3.05, 3.63) is 11.9 Å². The molecule has 2 aliphatic rings. The number of aliphatic hydroxyl groups excluding tert-OH is 1. The zero-order chi connectivity index (χ0) is 13.7. The fourth-order valence-electron chi connectivity index (χ4n) is 2.37. The lowest BCUT2D eigenvalue weighted by Gasteiger charge is -2.36. The van der Waals surface area contributed by atoms with Crippen LogP contribution in [-0.4, -0.2) is 67.8 Å². The SMILES string of the molecule is NC/C(=C\F)COC1CNC(N2CC[C@H](O)C2)NC1. The summed E-state index contributed by atoms with van der Waals surface area (Å²) >= 11 is 0. The van der Waals surface area contributed by atoms with Crippen molar-refractivity contribution in [2.75, 3.05) is 39.3 Å². The third-order valence-corrected chi connectivity index (χ3v) is 3.56. The highest BCUT2D eigenvalue weighted by molar-refractivity contribution is 4.99. The summed E-state index contributed by atoms with van der Waals surface area (Å²) in [6, 6.07) is 0. The van der Waals surface area contributed by atoms with E-state index in [9.17, 15) is 9.50 Å². The van der Waals surface area contributed by atoms with Crippen LogP contribution in [-0.2, 0) is 4.74 Å². The summed E-state index contributed by atoms with van der Waals surface area (Å²) in [7, 11) is 0. The van der Waals surface area contributed by atoms with Crippen LogP contribution in [0.4, 0.5) is 4.39 Å². The van der Waals surface area contributed by atoms with Crippen LogP contribution in [0.2, 0.25) is 0 Å². The first-order valence-corrected chi connectivity index (χ1v) is 6.71. The van der Waals surface area contributed by atoms with Gasteiger partial charge in [0.05, 0.1) is 25.1 Å². The number of nitrogens with one attached hydrogen (secondary N) is 2. The van der Waals surface area contributed by atoms with Gasteiger partial charge in [0, 0.05) is 32.7 Å². The molecule has 0 aromatic rings. The van der Waals surface area contributed by atoms with Gasteiger partial charge in [-0.3, -0.25) is 15.5 Å². The molecular formula is C12H23FN4O2. The number of rotatable bonds is 5. The molecule has 6 nitrogen and oxygen atoms in total. The molecule has 0 saturated carbocycles. The second-order valence-electron chi connectivity index (χ2n) is 5.06. The molecule has 0 aromatic carbocycles. The molecule has 2 rings (SSSR count). The van der Waals surface area contributed by atoms with Crippen molar-refractivity contribution in [1.29, 1.82) is 0 Å². The number of hydrogen-bond acceptors (Lipinski definition) is 6. The molecule has 0 spiro atoms. The highest BCUT2D eigenvalue weighted by atomic mass is 19.1. The van der Waals surface area contributed by atoms with Gasteiger partial charge in [-0.2, -0.15) is 0 Å². The number of nitrogens with zero attached hydrogens (tertiary/aromatic N) is 1. The minimum absolute atomic E-state index is 0.00489. The lowest BCUT2D eigenvalue weighted by Crippen LogP contribution is -2.62. The molecule has 2 saturated heterocycles. The average molecular weight is 274 g/mol. The lowest BCUT2D eigenvalue weighted by atomic mass is 10.2. The van der Waals surface area contributed by atoms with E-state index in [0.29, 0.717) is 31.5 Å². The van der Waals surface area contributed by atoms with Crippen LogP contribution in [0.5, 0.6) is 0 Å². The van der Waals surface area contributed by atoms with Gasteiger partial charge in [0.1, 0.15) is 6.29 Å². The minimum atomic E-state index is -0.223. The summed E-state index contributed by atoms with van der Waals surface area (Å²) in [6.07, 6.45) is 1.20. The maximum Gasteiger partial charge on any atom is 0.114 e. The van der Waals surface area contributed by atoms with Gasteiger partial charge in [-0.05, 0) is 12.0 Å². The van der Waals surface area contributed by atoms with E-state index in [1.54, 1.807) is 0 Å². The molecule has 0 aliphatic carbocycles. The molecule has 19 heavy (non-hydrogen) atoms. The van der Waals surface area contributed by atoms with Gasteiger partial charge in [0.25, 0.3) is 0 Å². The quantitative estimate of drug-likeness (QED) is 0.500. The van der Waals surface area contributed by atoms with E-state index in [4.69, 9.17) is 10.5 Å². The van der Waals surface area contributed by atoms with Crippen molar-refractivity contribution >= 4 is 0 Å². The van der Waals surface area contributed by atoms with Crippen LogP contribution in [0.15, 0.2) is 11.9 Å². The third kappa shape index (κ3) is 4.20. The third-order valence-electron chi connectivity index (χ3n) is 3.56. The predicted octanol–water partition coefficient (Wildman–Crippen LogP) is -1.27. The first-order valence-electron chi connectivity index (χ1n) is 6.71. The lowest BCUT2D eigenvalue weighted by molar-refractivity contribution is 0.0178. The molecule has 2 fully saturated rings. The molecule has 0 amide bonds. The Bertz CT molecular complexity index is 308. The van der Waals surface area contributed by atoms with Crippen LogP contribution in [0.25, 0.3) is 0 Å². The Morgan fingerprint density at radius 1 is 1.47 bits per heavy atom. The Balaban J connectivity index is 1.68. The molecule has 0 unspecified atom stereocenters. The van der Waals surface area contributed by atoms with Crippen molar-refractivity contribution < 1.29 is 14.2 Å². The summed E-state index contributed by atoms with van der Waals surface area (Å²) in [5, 5.41) is 16.2. The van der Waals surface area contributed by atoms with E-state index < -0.39 is 0 Å². The maximum absolute atomic E-state index is 12.3. The Morgan fingerprint density at radius 2 is 2.21 bits per heavy atom. The topological polar surface area (TPSA) is 82.8 Å². The highest BCUT2D eigenvalue weighted by Crippen LogP contribution is 2.12. The van der Waals surface area contributed by atoms with Crippen LogP contribution >= 0.6 is 0 Å². The van der Waals surface area contributed by atoms with Gasteiger partial charge >= 0.3 is 0 Å². The minimum Gasteiger partial charge on any atom is -0.392 e.